The van der Waals surface area contributed by atoms with E-state index in [1.54, 1.807) is 0 Å². The Balaban J connectivity index is 0. The van der Waals surface area contributed by atoms with E-state index in [0.717, 1.165) is 12.8 Å². The zero-order valence-electron chi connectivity index (χ0n) is 13.0. The van der Waals surface area contributed by atoms with Crippen LogP contribution in [0.4, 0.5) is 0 Å². The summed E-state index contributed by atoms with van der Waals surface area (Å²) in [6.45, 7) is 2.26. The van der Waals surface area contributed by atoms with Crippen molar-refractivity contribution in [3.63, 3.8) is 0 Å². The maximum absolute atomic E-state index is 10.3. The number of hydrogen-bond acceptors (Lipinski definition) is 2. The van der Waals surface area contributed by atoms with Gasteiger partial charge < -0.3 is 10.0 Å². The summed E-state index contributed by atoms with van der Waals surface area (Å²) in [7, 11) is -1.60. The van der Waals surface area contributed by atoms with Gasteiger partial charge in [-0.25, -0.2) is 0 Å². The zero-order valence-corrected chi connectivity index (χ0v) is 15.2. The van der Waals surface area contributed by atoms with Crippen molar-refractivity contribution < 1.29 is 10.0 Å². The predicted molar refractivity (Wildman–Crippen MR) is 82.0 cm³/mol. The van der Waals surface area contributed by atoms with Crippen LogP contribution in [0.2, 0.25) is 6.32 Å². The summed E-state index contributed by atoms with van der Waals surface area (Å²) in [5, 5.41) is 20.5. The molecule has 0 aromatic carbocycles. The van der Waals surface area contributed by atoms with E-state index in [2.05, 4.69) is 6.92 Å². The molecule has 0 heterocycles. The van der Waals surface area contributed by atoms with Crippen molar-refractivity contribution in [1.29, 1.82) is 0 Å². The molecule has 0 N–H and O–H groups in total. The van der Waals surface area contributed by atoms with Crippen LogP contribution in [-0.4, -0.2) is 44.9 Å². The third-order valence-electron chi connectivity index (χ3n) is 3.54. The molecule has 0 atom stereocenters. The maximum atomic E-state index is 10.3. The zero-order chi connectivity index (χ0) is 13.5. The molecule has 0 radical (unpaired) electrons. The van der Waals surface area contributed by atoms with Gasteiger partial charge in [-0.15, -0.1) is 13.4 Å². The molecule has 0 aliphatic heterocycles. The van der Waals surface area contributed by atoms with E-state index in [1.165, 1.54) is 70.6 Å². The van der Waals surface area contributed by atoms with Crippen molar-refractivity contribution in [3.8, 4) is 0 Å². The first-order valence-electron chi connectivity index (χ1n) is 8.09. The molecule has 4 heteroatoms. The van der Waals surface area contributed by atoms with Gasteiger partial charge in [-0.05, 0) is 0 Å². The topological polar surface area (TPSA) is 46.1 Å². The Morgan fingerprint density at radius 3 is 1.21 bits per heavy atom. The Morgan fingerprint density at radius 1 is 0.579 bits per heavy atom. The van der Waals surface area contributed by atoms with Crippen LogP contribution in [0, 0.1) is 0 Å². The third kappa shape index (κ3) is 21.7. The molecular formula is C15H31BCaO2. The van der Waals surface area contributed by atoms with Crippen molar-refractivity contribution in [2.45, 2.75) is 96.7 Å². The molecule has 0 saturated carbocycles. The average Bonchev–Trinajstić information content (AvgIpc) is 2.34. The van der Waals surface area contributed by atoms with Crippen LogP contribution in [0.25, 0.3) is 0 Å². The molecule has 0 fully saturated rings. The SMILES string of the molecule is CCCCCCCCCCCCCCCB([O-])[O-].[Ca+2]. The Morgan fingerprint density at radius 2 is 0.895 bits per heavy atom. The molecule has 0 rings (SSSR count). The van der Waals surface area contributed by atoms with Gasteiger partial charge in [-0.3, -0.25) is 0 Å². The van der Waals surface area contributed by atoms with E-state index in [0.29, 0.717) is 6.32 Å². The summed E-state index contributed by atoms with van der Waals surface area (Å²) in [6.07, 6.45) is 17.1. The molecule has 0 saturated heterocycles. The van der Waals surface area contributed by atoms with Crippen molar-refractivity contribution in [1.82, 2.24) is 0 Å². The molecule has 19 heavy (non-hydrogen) atoms. The molecule has 2 nitrogen and oxygen atoms in total. The minimum atomic E-state index is -1.60. The van der Waals surface area contributed by atoms with E-state index in [9.17, 15) is 10.0 Å². The van der Waals surface area contributed by atoms with Crippen LogP contribution in [-0.2, 0) is 0 Å². The van der Waals surface area contributed by atoms with Gasteiger partial charge in [-0.2, -0.15) is 0 Å². The fourth-order valence-electron chi connectivity index (χ4n) is 2.33. The molecule has 0 amide bonds. The van der Waals surface area contributed by atoms with Crippen LogP contribution < -0.4 is 10.0 Å². The van der Waals surface area contributed by atoms with Crippen LogP contribution in [0.3, 0.4) is 0 Å². The van der Waals surface area contributed by atoms with Crippen molar-refractivity contribution in [3.05, 3.63) is 0 Å². The first kappa shape index (κ1) is 22.5. The van der Waals surface area contributed by atoms with Gasteiger partial charge in [-0.1, -0.05) is 90.4 Å². The Bertz CT molecular complexity index is 157. The second-order valence-corrected chi connectivity index (χ2v) is 5.46. The largest absolute Gasteiger partial charge is 2.00 e. The number of rotatable bonds is 14. The van der Waals surface area contributed by atoms with Gasteiger partial charge in [0.25, 0.3) is 0 Å². The normalized spacial score (nSPS) is 10.3. The molecule has 0 unspecified atom stereocenters. The fraction of sp³-hybridized carbons (Fsp3) is 1.00. The van der Waals surface area contributed by atoms with Crippen molar-refractivity contribution >= 4 is 44.9 Å². The van der Waals surface area contributed by atoms with E-state index in [-0.39, 0.29) is 37.7 Å². The van der Waals surface area contributed by atoms with Gasteiger partial charge >= 0.3 is 37.7 Å². The smallest absolute Gasteiger partial charge is 0.893 e. The molecule has 0 aromatic heterocycles. The van der Waals surface area contributed by atoms with Crippen LogP contribution >= 0.6 is 0 Å². The molecule has 0 aliphatic rings. The van der Waals surface area contributed by atoms with E-state index < -0.39 is 7.12 Å². The van der Waals surface area contributed by atoms with Gasteiger partial charge in [0.2, 0.25) is 0 Å². The number of unbranched alkanes of at least 4 members (excludes halogenated alkanes) is 12. The number of hydrogen-bond donors (Lipinski definition) is 0. The first-order chi connectivity index (χ1) is 8.77. The quantitative estimate of drug-likeness (QED) is 0.365. The Kier molecular flexibility index (Phi) is 22.8. The summed E-state index contributed by atoms with van der Waals surface area (Å²) >= 11 is 0. The molecule has 0 aliphatic carbocycles. The van der Waals surface area contributed by atoms with Gasteiger partial charge in [0.05, 0.1) is 0 Å². The molecule has 0 spiro atoms. The summed E-state index contributed by atoms with van der Waals surface area (Å²) in [4.78, 5) is 0. The van der Waals surface area contributed by atoms with Crippen LogP contribution in [0.15, 0.2) is 0 Å². The molecule has 0 bridgehead atoms. The van der Waals surface area contributed by atoms with Gasteiger partial charge in [0.1, 0.15) is 0 Å². The molecular weight excluding hydrogens is 263 g/mol. The maximum Gasteiger partial charge on any atom is 2.00 e. The first-order valence-corrected chi connectivity index (χ1v) is 8.09. The average molecular weight is 294 g/mol. The Hall–Kier alpha value is 1.24. The summed E-state index contributed by atoms with van der Waals surface area (Å²) in [5.74, 6) is 0. The summed E-state index contributed by atoms with van der Waals surface area (Å²) in [6, 6.07) is 0. The minimum Gasteiger partial charge on any atom is -0.893 e. The summed E-state index contributed by atoms with van der Waals surface area (Å²) in [5.41, 5.74) is 0. The second kappa shape index (κ2) is 19.2. The minimum absolute atomic E-state index is 0. The van der Waals surface area contributed by atoms with Gasteiger partial charge in [0, 0.05) is 0 Å². The van der Waals surface area contributed by atoms with Crippen LogP contribution in [0.1, 0.15) is 90.4 Å². The van der Waals surface area contributed by atoms with Crippen LogP contribution in [0.5, 0.6) is 0 Å². The second-order valence-electron chi connectivity index (χ2n) is 5.46. The molecule has 108 valence electrons. The summed E-state index contributed by atoms with van der Waals surface area (Å²) < 4.78 is 0. The fourth-order valence-corrected chi connectivity index (χ4v) is 2.33. The standard InChI is InChI=1S/C15H31BO2.Ca/c1-2-3-4-5-6-7-8-9-10-11-12-13-14-15-16(17)18;/h2-15H2,1H3;/q-2;+2. The third-order valence-corrected chi connectivity index (χ3v) is 3.54. The van der Waals surface area contributed by atoms with E-state index >= 15 is 0 Å². The monoisotopic (exact) mass is 294 g/mol. The predicted octanol–water partition coefficient (Wildman–Crippen LogP) is 2.91. The Labute approximate surface area is 150 Å². The molecule has 0 aromatic rings. The van der Waals surface area contributed by atoms with Gasteiger partial charge in [0.15, 0.2) is 0 Å². The van der Waals surface area contributed by atoms with Crippen molar-refractivity contribution in [2.24, 2.45) is 0 Å². The van der Waals surface area contributed by atoms with Crippen molar-refractivity contribution in [2.75, 3.05) is 0 Å². The van der Waals surface area contributed by atoms with E-state index in [4.69, 9.17) is 0 Å². The van der Waals surface area contributed by atoms with E-state index in [1.807, 2.05) is 0 Å².